The molecule has 3 saturated carbocycles. The third-order valence-corrected chi connectivity index (χ3v) is 7.39. The van der Waals surface area contributed by atoms with Gasteiger partial charge in [0.1, 0.15) is 6.10 Å². The number of cyclic esters (lactones) is 1. The standard InChI is InChI=1S/C20H28O3/c1-11-5-6-15-17(16-14(11)7-8-20(16,4)22)19(15,3)10-13-9-12(2)18(21)23-13/h9,13-17,22H,1,5-8,10H2,2-4H3. The number of rotatable bonds is 2. The molecule has 4 aliphatic rings. The molecule has 0 aromatic heterocycles. The van der Waals surface area contributed by atoms with Gasteiger partial charge in [0, 0.05) is 5.57 Å². The fourth-order valence-corrected chi connectivity index (χ4v) is 6.15. The molecular weight excluding hydrogens is 288 g/mol. The van der Waals surface area contributed by atoms with Crippen molar-refractivity contribution in [1.82, 2.24) is 0 Å². The summed E-state index contributed by atoms with van der Waals surface area (Å²) in [5, 5.41) is 11.0. The molecule has 3 heteroatoms. The highest BCUT2D eigenvalue weighted by Gasteiger charge is 2.69. The van der Waals surface area contributed by atoms with Gasteiger partial charge in [0.15, 0.2) is 0 Å². The molecule has 3 fully saturated rings. The second-order valence-corrected chi connectivity index (χ2v) is 8.86. The minimum Gasteiger partial charge on any atom is -0.455 e. The van der Waals surface area contributed by atoms with Gasteiger partial charge in [-0.2, -0.15) is 0 Å². The van der Waals surface area contributed by atoms with E-state index in [0.29, 0.717) is 23.7 Å². The molecule has 3 aliphatic carbocycles. The molecule has 7 unspecified atom stereocenters. The summed E-state index contributed by atoms with van der Waals surface area (Å²) in [5.74, 6) is 1.81. The summed E-state index contributed by atoms with van der Waals surface area (Å²) in [6.07, 6.45) is 7.03. The van der Waals surface area contributed by atoms with E-state index in [1.54, 1.807) is 0 Å². The molecule has 1 N–H and O–H groups in total. The number of esters is 1. The van der Waals surface area contributed by atoms with E-state index in [1.807, 2.05) is 19.9 Å². The van der Waals surface area contributed by atoms with Crippen molar-refractivity contribution < 1.29 is 14.6 Å². The van der Waals surface area contributed by atoms with Crippen LogP contribution < -0.4 is 0 Å². The van der Waals surface area contributed by atoms with Crippen molar-refractivity contribution >= 4 is 5.97 Å². The molecule has 1 heterocycles. The molecule has 126 valence electrons. The second-order valence-electron chi connectivity index (χ2n) is 8.86. The summed E-state index contributed by atoms with van der Waals surface area (Å²) in [6, 6.07) is 0. The van der Waals surface area contributed by atoms with Crippen molar-refractivity contribution in [2.24, 2.45) is 29.1 Å². The number of hydrogen-bond donors (Lipinski definition) is 1. The van der Waals surface area contributed by atoms with Crippen molar-refractivity contribution in [3.05, 3.63) is 23.8 Å². The molecule has 0 aromatic carbocycles. The van der Waals surface area contributed by atoms with E-state index in [-0.39, 0.29) is 17.5 Å². The van der Waals surface area contributed by atoms with E-state index in [0.717, 1.165) is 31.3 Å². The lowest BCUT2D eigenvalue weighted by molar-refractivity contribution is -0.140. The summed E-state index contributed by atoms with van der Waals surface area (Å²) in [7, 11) is 0. The first-order valence-electron chi connectivity index (χ1n) is 9.03. The van der Waals surface area contributed by atoms with Gasteiger partial charge >= 0.3 is 5.97 Å². The molecule has 3 nitrogen and oxygen atoms in total. The Bertz CT molecular complexity index is 602. The third-order valence-electron chi connectivity index (χ3n) is 7.39. The summed E-state index contributed by atoms with van der Waals surface area (Å²) in [6.45, 7) is 10.5. The van der Waals surface area contributed by atoms with Crippen molar-refractivity contribution in [3.8, 4) is 0 Å². The highest BCUT2D eigenvalue weighted by molar-refractivity contribution is 5.90. The molecule has 4 rings (SSSR count). The van der Waals surface area contributed by atoms with Crippen LogP contribution in [0.5, 0.6) is 0 Å². The zero-order chi connectivity index (χ0) is 16.6. The van der Waals surface area contributed by atoms with E-state index in [4.69, 9.17) is 4.74 Å². The van der Waals surface area contributed by atoms with Crippen molar-refractivity contribution in [2.75, 3.05) is 0 Å². The largest absolute Gasteiger partial charge is 0.455 e. The minimum atomic E-state index is -0.573. The molecule has 0 aromatic rings. The van der Waals surface area contributed by atoms with E-state index in [1.165, 1.54) is 12.0 Å². The maximum Gasteiger partial charge on any atom is 0.334 e. The molecular formula is C20H28O3. The van der Waals surface area contributed by atoms with Gasteiger partial charge in [0.05, 0.1) is 5.60 Å². The fraction of sp³-hybridized carbons (Fsp3) is 0.750. The summed E-state index contributed by atoms with van der Waals surface area (Å²) >= 11 is 0. The molecule has 0 amide bonds. The minimum absolute atomic E-state index is 0.0765. The quantitative estimate of drug-likeness (QED) is 0.625. The van der Waals surface area contributed by atoms with Gasteiger partial charge < -0.3 is 9.84 Å². The van der Waals surface area contributed by atoms with E-state index in [2.05, 4.69) is 13.5 Å². The lowest BCUT2D eigenvalue weighted by atomic mass is 9.76. The Morgan fingerprint density at radius 1 is 1.35 bits per heavy atom. The van der Waals surface area contributed by atoms with Crippen LogP contribution in [0.4, 0.5) is 0 Å². The maximum absolute atomic E-state index is 11.6. The predicted octanol–water partition coefficient (Wildman–Crippen LogP) is 3.63. The molecule has 7 atom stereocenters. The number of allylic oxidation sites excluding steroid dienone is 1. The maximum atomic E-state index is 11.6. The smallest absolute Gasteiger partial charge is 0.334 e. The Morgan fingerprint density at radius 3 is 2.74 bits per heavy atom. The molecule has 1 aliphatic heterocycles. The van der Waals surface area contributed by atoms with Crippen LogP contribution in [-0.4, -0.2) is 22.8 Å². The number of aliphatic hydroxyl groups is 1. The lowest BCUT2D eigenvalue weighted by Gasteiger charge is -2.32. The monoisotopic (exact) mass is 316 g/mol. The molecule has 0 saturated heterocycles. The van der Waals surface area contributed by atoms with Gasteiger partial charge in [0.25, 0.3) is 0 Å². The van der Waals surface area contributed by atoms with Crippen LogP contribution >= 0.6 is 0 Å². The van der Waals surface area contributed by atoms with Crippen LogP contribution in [0.3, 0.4) is 0 Å². The Hall–Kier alpha value is -1.09. The first-order valence-corrected chi connectivity index (χ1v) is 9.03. The SMILES string of the molecule is C=C1CCC2C(C3C1CCC3(C)O)C2(C)CC1C=C(C)C(=O)O1. The fourth-order valence-electron chi connectivity index (χ4n) is 6.15. The molecule has 0 radical (unpaired) electrons. The van der Waals surface area contributed by atoms with Crippen LogP contribution in [0, 0.1) is 29.1 Å². The Kier molecular flexibility index (Phi) is 3.17. The third kappa shape index (κ3) is 2.15. The number of carbonyl (C=O) groups excluding carboxylic acids is 1. The molecule has 0 bridgehead atoms. The Morgan fingerprint density at radius 2 is 2.09 bits per heavy atom. The van der Waals surface area contributed by atoms with Gasteiger partial charge in [-0.3, -0.25) is 0 Å². The Labute approximate surface area is 138 Å². The van der Waals surface area contributed by atoms with Gasteiger partial charge in [0.2, 0.25) is 0 Å². The highest BCUT2D eigenvalue weighted by Crippen LogP contribution is 2.73. The predicted molar refractivity (Wildman–Crippen MR) is 88.6 cm³/mol. The van der Waals surface area contributed by atoms with Crippen LogP contribution in [0.25, 0.3) is 0 Å². The topological polar surface area (TPSA) is 46.5 Å². The first-order chi connectivity index (χ1) is 10.7. The zero-order valence-electron chi connectivity index (χ0n) is 14.5. The number of ether oxygens (including phenoxy) is 1. The summed E-state index contributed by atoms with van der Waals surface area (Å²) in [4.78, 5) is 11.6. The summed E-state index contributed by atoms with van der Waals surface area (Å²) in [5.41, 5.74) is 1.70. The van der Waals surface area contributed by atoms with Crippen molar-refractivity contribution in [1.29, 1.82) is 0 Å². The van der Waals surface area contributed by atoms with E-state index < -0.39 is 5.60 Å². The highest BCUT2D eigenvalue weighted by atomic mass is 16.5. The van der Waals surface area contributed by atoms with Crippen LogP contribution in [0.1, 0.15) is 52.9 Å². The van der Waals surface area contributed by atoms with Crippen molar-refractivity contribution in [2.45, 2.75) is 64.6 Å². The normalized spacial score (nSPS) is 51.7. The van der Waals surface area contributed by atoms with Crippen molar-refractivity contribution in [3.63, 3.8) is 0 Å². The average Bonchev–Trinajstić information content (AvgIpc) is 2.75. The van der Waals surface area contributed by atoms with Gasteiger partial charge in [-0.25, -0.2) is 4.79 Å². The lowest BCUT2D eigenvalue weighted by Crippen LogP contribution is -2.35. The van der Waals surface area contributed by atoms with Gasteiger partial charge in [-0.1, -0.05) is 19.1 Å². The zero-order valence-corrected chi connectivity index (χ0v) is 14.5. The summed E-state index contributed by atoms with van der Waals surface area (Å²) < 4.78 is 5.50. The van der Waals surface area contributed by atoms with E-state index in [9.17, 15) is 9.90 Å². The molecule has 23 heavy (non-hydrogen) atoms. The first kappa shape index (κ1) is 15.4. The van der Waals surface area contributed by atoms with Gasteiger partial charge in [-0.05, 0) is 81.1 Å². The van der Waals surface area contributed by atoms with Crippen LogP contribution in [0.2, 0.25) is 0 Å². The average molecular weight is 316 g/mol. The second kappa shape index (κ2) is 4.72. The number of fused-ring (bicyclic) bond motifs is 3. The number of carbonyl (C=O) groups is 1. The van der Waals surface area contributed by atoms with Gasteiger partial charge in [-0.15, -0.1) is 0 Å². The van der Waals surface area contributed by atoms with E-state index >= 15 is 0 Å². The number of hydrogen-bond acceptors (Lipinski definition) is 3. The van der Waals surface area contributed by atoms with Crippen LogP contribution in [0.15, 0.2) is 23.8 Å². The Balaban J connectivity index is 1.59. The van der Waals surface area contributed by atoms with Crippen LogP contribution in [-0.2, 0) is 9.53 Å². The molecule has 0 spiro atoms.